The maximum atomic E-state index is 11.2. The Kier molecular flexibility index (Phi) is 3.16. The summed E-state index contributed by atoms with van der Waals surface area (Å²) >= 11 is 1.41. The van der Waals surface area contributed by atoms with Gasteiger partial charge in [0.2, 0.25) is 0 Å². The second-order valence-corrected chi connectivity index (χ2v) is 3.57. The van der Waals surface area contributed by atoms with Crippen LogP contribution in [0.4, 0.5) is 0 Å². The molecule has 0 aliphatic rings. The summed E-state index contributed by atoms with van der Waals surface area (Å²) in [7, 11) is 0. The Morgan fingerprint density at radius 3 is 2.77 bits per heavy atom. The molecule has 0 aliphatic carbocycles. The third-order valence-corrected chi connectivity index (χ3v) is 2.42. The Labute approximate surface area is 79.0 Å². The molecule has 70 valence electrons. The van der Waals surface area contributed by atoms with Gasteiger partial charge in [-0.2, -0.15) is 0 Å². The van der Waals surface area contributed by atoms with E-state index in [1.54, 1.807) is 12.1 Å². The van der Waals surface area contributed by atoms with Crippen LogP contribution >= 0.6 is 11.3 Å². The van der Waals surface area contributed by atoms with Crippen molar-refractivity contribution >= 4 is 23.1 Å². The molecule has 0 fully saturated rings. The topological polar surface area (TPSA) is 80.4 Å². The van der Waals surface area contributed by atoms with Gasteiger partial charge >= 0.3 is 5.97 Å². The number of carbonyl (C=O) groups is 2. The molecular weight excluding hydrogens is 190 g/mol. The van der Waals surface area contributed by atoms with Crippen molar-refractivity contribution in [1.29, 1.82) is 0 Å². The first-order chi connectivity index (χ1) is 6.11. The van der Waals surface area contributed by atoms with Crippen molar-refractivity contribution < 1.29 is 14.7 Å². The molecule has 0 radical (unpaired) electrons. The molecule has 4 nitrogen and oxygen atoms in total. The van der Waals surface area contributed by atoms with Crippen molar-refractivity contribution in [1.82, 2.24) is 0 Å². The Morgan fingerprint density at radius 1 is 1.62 bits per heavy atom. The fraction of sp³-hybridized carbons (Fsp3) is 0.250. The number of nitrogens with two attached hydrogens (primary N) is 1. The monoisotopic (exact) mass is 199 g/mol. The average molecular weight is 199 g/mol. The number of carbonyl (C=O) groups excluding carboxylic acids is 1. The quantitative estimate of drug-likeness (QED) is 0.682. The van der Waals surface area contributed by atoms with Gasteiger partial charge in [0, 0.05) is 11.3 Å². The number of ketones is 1. The molecular formula is C8H9NO3S. The van der Waals surface area contributed by atoms with Gasteiger partial charge in [-0.3, -0.25) is 9.59 Å². The van der Waals surface area contributed by atoms with E-state index in [-0.39, 0.29) is 6.42 Å². The molecule has 0 bridgehead atoms. The predicted octanol–water partition coefficient (Wildman–Crippen LogP) is 0.272. The molecule has 5 heteroatoms. The van der Waals surface area contributed by atoms with Gasteiger partial charge in [-0.1, -0.05) is 6.07 Å². The van der Waals surface area contributed by atoms with Crippen molar-refractivity contribution in [2.45, 2.75) is 12.5 Å². The van der Waals surface area contributed by atoms with Crippen molar-refractivity contribution in [2.75, 3.05) is 0 Å². The van der Waals surface area contributed by atoms with Gasteiger partial charge in [0.25, 0.3) is 0 Å². The molecule has 3 N–H and O–H groups in total. The van der Waals surface area contributed by atoms with Crippen LogP contribution in [0.15, 0.2) is 17.5 Å². The van der Waals surface area contributed by atoms with Gasteiger partial charge in [-0.05, 0) is 11.4 Å². The molecule has 1 rings (SSSR count). The van der Waals surface area contributed by atoms with Gasteiger partial charge in [-0.15, -0.1) is 11.3 Å². The van der Waals surface area contributed by atoms with E-state index < -0.39 is 17.8 Å². The molecule has 0 aromatic carbocycles. The Morgan fingerprint density at radius 2 is 2.31 bits per heavy atom. The van der Waals surface area contributed by atoms with E-state index >= 15 is 0 Å². The zero-order valence-corrected chi connectivity index (χ0v) is 7.58. The highest BCUT2D eigenvalue weighted by atomic mass is 32.1. The summed E-state index contributed by atoms with van der Waals surface area (Å²) < 4.78 is 0. The average Bonchev–Trinajstić information content (AvgIpc) is 2.55. The molecule has 1 aromatic heterocycles. The zero-order chi connectivity index (χ0) is 9.84. The number of thiophene rings is 1. The second kappa shape index (κ2) is 4.15. The van der Waals surface area contributed by atoms with E-state index in [2.05, 4.69) is 0 Å². The van der Waals surface area contributed by atoms with Crippen LogP contribution in [-0.4, -0.2) is 22.9 Å². The second-order valence-electron chi connectivity index (χ2n) is 2.54. The minimum absolute atomic E-state index is 0.102. The number of aliphatic carboxylic acids is 1. The first-order valence-electron chi connectivity index (χ1n) is 3.64. The van der Waals surface area contributed by atoms with Gasteiger partial charge in [0.05, 0.1) is 0 Å². The van der Waals surface area contributed by atoms with Crippen LogP contribution in [0.1, 0.15) is 4.88 Å². The molecule has 0 amide bonds. The summed E-state index contributed by atoms with van der Waals surface area (Å²) in [6.07, 6.45) is 0.102. The van der Waals surface area contributed by atoms with Crippen LogP contribution in [0.3, 0.4) is 0 Å². The van der Waals surface area contributed by atoms with Crippen molar-refractivity contribution in [3.63, 3.8) is 0 Å². The maximum absolute atomic E-state index is 11.2. The van der Waals surface area contributed by atoms with Gasteiger partial charge in [0.1, 0.15) is 0 Å². The van der Waals surface area contributed by atoms with Crippen LogP contribution in [-0.2, 0) is 16.0 Å². The molecule has 0 saturated carbocycles. The van der Waals surface area contributed by atoms with E-state index in [0.29, 0.717) is 0 Å². The first-order valence-corrected chi connectivity index (χ1v) is 4.52. The van der Waals surface area contributed by atoms with Gasteiger partial charge < -0.3 is 10.8 Å². The maximum Gasteiger partial charge on any atom is 0.328 e. The smallest absolute Gasteiger partial charge is 0.328 e. The molecule has 13 heavy (non-hydrogen) atoms. The van der Waals surface area contributed by atoms with Crippen LogP contribution in [0.2, 0.25) is 0 Å². The minimum atomic E-state index is -1.40. The number of carboxylic acid groups (broad SMARTS) is 1. The molecule has 0 spiro atoms. The SMILES string of the molecule is NC(C(=O)O)C(=O)Cc1cccs1. The van der Waals surface area contributed by atoms with Gasteiger partial charge in [-0.25, -0.2) is 0 Å². The lowest BCUT2D eigenvalue weighted by Crippen LogP contribution is -2.39. The largest absolute Gasteiger partial charge is 0.480 e. The summed E-state index contributed by atoms with van der Waals surface area (Å²) in [5.74, 6) is -1.74. The van der Waals surface area contributed by atoms with E-state index in [0.717, 1.165) is 4.88 Å². The number of Topliss-reactive ketones (excluding diaryl/α,β-unsaturated/α-hetero) is 1. The summed E-state index contributed by atoms with van der Waals surface area (Å²) in [6.45, 7) is 0. The highest BCUT2D eigenvalue weighted by Crippen LogP contribution is 2.09. The van der Waals surface area contributed by atoms with Crippen LogP contribution < -0.4 is 5.73 Å². The van der Waals surface area contributed by atoms with Gasteiger partial charge in [0.15, 0.2) is 11.8 Å². The fourth-order valence-corrected chi connectivity index (χ4v) is 1.55. The third kappa shape index (κ3) is 2.64. The predicted molar refractivity (Wildman–Crippen MR) is 48.6 cm³/mol. The lowest BCUT2D eigenvalue weighted by atomic mass is 10.1. The minimum Gasteiger partial charge on any atom is -0.480 e. The van der Waals surface area contributed by atoms with Crippen LogP contribution in [0, 0.1) is 0 Å². The normalized spacial score (nSPS) is 12.4. The highest BCUT2D eigenvalue weighted by Gasteiger charge is 2.21. The molecule has 1 atom stereocenters. The molecule has 1 heterocycles. The summed E-state index contributed by atoms with van der Waals surface area (Å²) in [5.41, 5.74) is 5.13. The first kappa shape index (κ1) is 9.88. The Balaban J connectivity index is 2.56. The van der Waals surface area contributed by atoms with E-state index in [1.165, 1.54) is 11.3 Å². The van der Waals surface area contributed by atoms with E-state index in [4.69, 9.17) is 10.8 Å². The summed E-state index contributed by atoms with van der Waals surface area (Å²) in [5, 5.41) is 10.3. The molecule has 1 aromatic rings. The van der Waals surface area contributed by atoms with Crippen LogP contribution in [0.5, 0.6) is 0 Å². The van der Waals surface area contributed by atoms with E-state index in [9.17, 15) is 9.59 Å². The molecule has 0 saturated heterocycles. The molecule has 1 unspecified atom stereocenters. The zero-order valence-electron chi connectivity index (χ0n) is 6.77. The van der Waals surface area contributed by atoms with Crippen LogP contribution in [0.25, 0.3) is 0 Å². The number of carboxylic acids is 1. The lowest BCUT2D eigenvalue weighted by molar-refractivity contribution is -0.142. The van der Waals surface area contributed by atoms with Crippen molar-refractivity contribution in [3.05, 3.63) is 22.4 Å². The number of hydrogen-bond acceptors (Lipinski definition) is 4. The number of rotatable bonds is 4. The van der Waals surface area contributed by atoms with Crippen molar-refractivity contribution in [3.8, 4) is 0 Å². The summed E-state index contributed by atoms with van der Waals surface area (Å²) in [4.78, 5) is 22.3. The Hall–Kier alpha value is -1.20. The molecule has 0 aliphatic heterocycles. The third-order valence-electron chi connectivity index (χ3n) is 1.54. The Bertz CT molecular complexity index is 307. The lowest BCUT2D eigenvalue weighted by Gasteiger charge is -2.02. The fourth-order valence-electron chi connectivity index (χ4n) is 0.833. The number of hydrogen-bond donors (Lipinski definition) is 2. The standard InChI is InChI=1S/C8H9NO3S/c9-7(8(11)12)6(10)4-5-2-1-3-13-5/h1-3,7H,4,9H2,(H,11,12). The van der Waals surface area contributed by atoms with Crippen molar-refractivity contribution in [2.24, 2.45) is 5.73 Å². The highest BCUT2D eigenvalue weighted by molar-refractivity contribution is 7.10. The summed E-state index contributed by atoms with van der Waals surface area (Å²) in [6, 6.07) is 2.18. The van der Waals surface area contributed by atoms with E-state index in [1.807, 2.05) is 5.38 Å².